The van der Waals surface area contributed by atoms with Crippen molar-refractivity contribution in [2.45, 2.75) is 12.3 Å². The number of alkyl halides is 1. The molecule has 1 atom stereocenters. The molecule has 0 aliphatic carbocycles. The molecule has 0 rings (SSSR count). The van der Waals surface area contributed by atoms with Crippen molar-refractivity contribution in [3.63, 3.8) is 0 Å². The molecule has 0 heterocycles. The molecule has 0 saturated heterocycles. The van der Waals surface area contributed by atoms with Crippen LogP contribution in [0.1, 0.15) is 6.92 Å². The van der Waals surface area contributed by atoms with E-state index in [1.807, 2.05) is 0 Å². The van der Waals surface area contributed by atoms with Crippen LogP contribution in [0, 0.1) is 0 Å². The van der Waals surface area contributed by atoms with Gasteiger partial charge in [0, 0.05) is 0 Å². The lowest BCUT2D eigenvalue weighted by atomic mass is 10.5. The molecule has 0 radical (unpaired) electrons. The predicted molar refractivity (Wildman–Crippen MR) is 31.8 cm³/mol. The van der Waals surface area contributed by atoms with Gasteiger partial charge in [-0.15, -0.1) is 24.0 Å². The normalized spacial score (nSPS) is 11.7. The third-order valence-electron chi connectivity index (χ3n) is 0.392. The Bertz CT molecular complexity index is 64.0. The van der Waals surface area contributed by atoms with E-state index in [-0.39, 0.29) is 12.4 Å². The standard InChI is InChI=1S/C3H6ClNO.ClH/c1-2(4)3(5)6;/h2H,1H3,(H2,5,6);1H. The summed E-state index contributed by atoms with van der Waals surface area (Å²) >= 11 is 5.14. The van der Waals surface area contributed by atoms with Crippen molar-refractivity contribution in [1.82, 2.24) is 0 Å². The van der Waals surface area contributed by atoms with E-state index in [9.17, 15) is 4.79 Å². The molecule has 44 valence electrons. The smallest absolute Gasteiger partial charge is 0.235 e. The summed E-state index contributed by atoms with van der Waals surface area (Å²) in [5, 5.41) is -0.537. The summed E-state index contributed by atoms with van der Waals surface area (Å²) in [6, 6.07) is 0. The zero-order valence-corrected chi connectivity index (χ0v) is 5.42. The van der Waals surface area contributed by atoms with Crippen molar-refractivity contribution in [2.75, 3.05) is 0 Å². The number of rotatable bonds is 1. The van der Waals surface area contributed by atoms with E-state index in [2.05, 4.69) is 5.73 Å². The lowest BCUT2D eigenvalue weighted by Crippen LogP contribution is -2.19. The summed E-state index contributed by atoms with van der Waals surface area (Å²) in [4.78, 5) is 9.79. The van der Waals surface area contributed by atoms with E-state index in [4.69, 9.17) is 11.6 Å². The van der Waals surface area contributed by atoms with Gasteiger partial charge in [-0.3, -0.25) is 4.79 Å². The highest BCUT2D eigenvalue weighted by atomic mass is 35.5. The van der Waals surface area contributed by atoms with Crippen molar-refractivity contribution in [1.29, 1.82) is 0 Å². The molecule has 0 aliphatic rings. The Hall–Kier alpha value is 0.0500. The molecule has 0 aromatic carbocycles. The molecule has 0 aromatic heterocycles. The molecule has 0 aromatic rings. The largest absolute Gasteiger partial charge is 0.368 e. The number of carbonyl (C=O) groups is 1. The van der Waals surface area contributed by atoms with Crippen LogP contribution in [-0.4, -0.2) is 11.3 Å². The van der Waals surface area contributed by atoms with Crippen LogP contribution in [0.4, 0.5) is 0 Å². The molecule has 1 unspecified atom stereocenters. The van der Waals surface area contributed by atoms with Crippen LogP contribution in [0.15, 0.2) is 0 Å². The first kappa shape index (κ1) is 10.1. The Morgan fingerprint density at radius 1 is 1.86 bits per heavy atom. The lowest BCUT2D eigenvalue weighted by molar-refractivity contribution is -0.117. The monoisotopic (exact) mass is 143 g/mol. The first-order chi connectivity index (χ1) is 2.64. The number of carbonyl (C=O) groups excluding carboxylic acids is 1. The summed E-state index contributed by atoms with van der Waals surface area (Å²) in [6.45, 7) is 1.53. The van der Waals surface area contributed by atoms with Gasteiger partial charge < -0.3 is 5.73 Å². The van der Waals surface area contributed by atoms with Gasteiger partial charge in [0.25, 0.3) is 0 Å². The summed E-state index contributed by atoms with van der Waals surface area (Å²) in [6.07, 6.45) is 0. The zero-order chi connectivity index (χ0) is 5.15. The Kier molecular flexibility index (Phi) is 6.09. The highest BCUT2D eigenvalue weighted by molar-refractivity contribution is 6.30. The molecule has 0 aliphatic heterocycles. The minimum absolute atomic E-state index is 0. The third kappa shape index (κ3) is 6.05. The SMILES string of the molecule is CC(Cl)C(N)=O.Cl. The van der Waals surface area contributed by atoms with E-state index in [1.165, 1.54) is 6.92 Å². The minimum Gasteiger partial charge on any atom is -0.368 e. The van der Waals surface area contributed by atoms with Crippen LogP contribution in [0.3, 0.4) is 0 Å². The van der Waals surface area contributed by atoms with E-state index in [1.54, 1.807) is 0 Å². The summed E-state index contributed by atoms with van der Waals surface area (Å²) in [7, 11) is 0. The fraction of sp³-hybridized carbons (Fsp3) is 0.667. The number of hydrogen-bond acceptors (Lipinski definition) is 1. The Morgan fingerprint density at radius 3 is 2.00 bits per heavy atom. The molecule has 0 fully saturated rings. The van der Waals surface area contributed by atoms with E-state index >= 15 is 0 Å². The van der Waals surface area contributed by atoms with Crippen LogP contribution >= 0.6 is 24.0 Å². The second-order valence-corrected chi connectivity index (χ2v) is 1.67. The molecular formula is C3H7Cl2NO. The van der Waals surface area contributed by atoms with Crippen LogP contribution in [-0.2, 0) is 4.79 Å². The summed E-state index contributed by atoms with van der Waals surface area (Å²) in [5.74, 6) is -0.475. The van der Waals surface area contributed by atoms with Gasteiger partial charge in [-0.05, 0) is 6.92 Å². The van der Waals surface area contributed by atoms with Crippen LogP contribution < -0.4 is 5.73 Å². The maximum Gasteiger partial charge on any atom is 0.235 e. The Morgan fingerprint density at radius 2 is 2.00 bits per heavy atom. The van der Waals surface area contributed by atoms with Crippen LogP contribution in [0.2, 0.25) is 0 Å². The molecule has 0 bridgehead atoms. The molecule has 0 saturated carbocycles. The maximum absolute atomic E-state index is 9.79. The quantitative estimate of drug-likeness (QED) is 0.535. The molecule has 7 heavy (non-hydrogen) atoms. The molecule has 2 nitrogen and oxygen atoms in total. The average Bonchev–Trinajstić information content (AvgIpc) is 1.36. The van der Waals surface area contributed by atoms with Gasteiger partial charge in [-0.25, -0.2) is 0 Å². The van der Waals surface area contributed by atoms with Crippen LogP contribution in [0.25, 0.3) is 0 Å². The number of halogens is 2. The van der Waals surface area contributed by atoms with Crippen molar-refractivity contribution in [3.8, 4) is 0 Å². The fourth-order valence-electron chi connectivity index (χ4n) is 0. The Labute approximate surface area is 53.4 Å². The maximum atomic E-state index is 9.79. The van der Waals surface area contributed by atoms with Gasteiger partial charge in [0.2, 0.25) is 5.91 Å². The lowest BCUT2D eigenvalue weighted by Gasteiger charge is -1.88. The van der Waals surface area contributed by atoms with Gasteiger partial charge in [-0.2, -0.15) is 0 Å². The number of primary amides is 1. The van der Waals surface area contributed by atoms with Crippen molar-refractivity contribution in [2.24, 2.45) is 5.73 Å². The van der Waals surface area contributed by atoms with Gasteiger partial charge in [-0.1, -0.05) is 0 Å². The first-order valence-electron chi connectivity index (χ1n) is 1.58. The molecular weight excluding hydrogens is 137 g/mol. The average molecular weight is 144 g/mol. The van der Waals surface area contributed by atoms with Crippen molar-refractivity contribution in [3.05, 3.63) is 0 Å². The number of hydrogen-bond donors (Lipinski definition) is 1. The van der Waals surface area contributed by atoms with Gasteiger partial charge in [0.15, 0.2) is 0 Å². The van der Waals surface area contributed by atoms with Crippen LogP contribution in [0.5, 0.6) is 0 Å². The molecule has 4 heteroatoms. The van der Waals surface area contributed by atoms with Crippen molar-refractivity contribution >= 4 is 29.9 Å². The van der Waals surface area contributed by atoms with Gasteiger partial charge in [0.05, 0.1) is 0 Å². The van der Waals surface area contributed by atoms with E-state index in [0.717, 1.165) is 0 Å². The fourth-order valence-corrected chi connectivity index (χ4v) is 0. The highest BCUT2D eigenvalue weighted by Gasteiger charge is 1.99. The van der Waals surface area contributed by atoms with Gasteiger partial charge in [0.1, 0.15) is 5.38 Å². The minimum atomic E-state index is -0.537. The second-order valence-electron chi connectivity index (χ2n) is 1.02. The second kappa shape index (κ2) is 4.22. The molecule has 1 amide bonds. The van der Waals surface area contributed by atoms with E-state index in [0.29, 0.717) is 0 Å². The summed E-state index contributed by atoms with van der Waals surface area (Å²) in [5.41, 5.74) is 4.66. The first-order valence-corrected chi connectivity index (χ1v) is 2.01. The zero-order valence-electron chi connectivity index (χ0n) is 3.85. The molecule has 0 spiro atoms. The van der Waals surface area contributed by atoms with Gasteiger partial charge >= 0.3 is 0 Å². The number of nitrogens with two attached hydrogens (primary N) is 1. The summed E-state index contributed by atoms with van der Waals surface area (Å²) < 4.78 is 0. The Balaban J connectivity index is 0. The van der Waals surface area contributed by atoms with Crippen molar-refractivity contribution < 1.29 is 4.79 Å². The molecule has 2 N–H and O–H groups in total. The highest BCUT2D eigenvalue weighted by Crippen LogP contribution is 1.87. The van der Waals surface area contributed by atoms with E-state index < -0.39 is 11.3 Å². The predicted octanol–water partition coefficient (Wildman–Crippen LogP) is 0.521. The topological polar surface area (TPSA) is 43.1 Å². The number of amides is 1. The third-order valence-corrected chi connectivity index (χ3v) is 0.607.